The van der Waals surface area contributed by atoms with Crippen molar-refractivity contribution in [1.82, 2.24) is 4.72 Å². The van der Waals surface area contributed by atoms with Crippen LogP contribution in [0.4, 0.5) is 0 Å². The molecule has 0 bridgehead atoms. The van der Waals surface area contributed by atoms with E-state index in [1.165, 1.54) is 12.1 Å². The van der Waals surface area contributed by atoms with Crippen molar-refractivity contribution < 1.29 is 23.4 Å². The van der Waals surface area contributed by atoms with Crippen LogP contribution in [0, 0.1) is 3.57 Å². The van der Waals surface area contributed by atoms with Crippen LogP contribution in [0.3, 0.4) is 0 Å². The van der Waals surface area contributed by atoms with Gasteiger partial charge in [0.2, 0.25) is 10.0 Å². The summed E-state index contributed by atoms with van der Waals surface area (Å²) in [6, 6.07) is 3.44. The Morgan fingerprint density at radius 2 is 1.95 bits per heavy atom. The molecule has 1 aliphatic carbocycles. The molecule has 1 fully saturated rings. The van der Waals surface area contributed by atoms with Gasteiger partial charge in [0.1, 0.15) is 0 Å². The summed E-state index contributed by atoms with van der Waals surface area (Å²) < 4.78 is 27.6. The van der Waals surface area contributed by atoms with Crippen molar-refractivity contribution in [2.24, 2.45) is 0 Å². The number of benzene rings is 1. The predicted octanol–water partition coefficient (Wildman–Crippen LogP) is 1.57. The lowest BCUT2D eigenvalue weighted by Crippen LogP contribution is -2.44. The predicted molar refractivity (Wildman–Crippen MR) is 84.7 cm³/mol. The molecule has 1 saturated carbocycles. The van der Waals surface area contributed by atoms with Gasteiger partial charge in [-0.05, 0) is 53.6 Å². The standard InChI is InChI=1S/C13H16INO5S/c14-10-6-5-8(7-9(10)13(17)18)21(19,20)15-11-3-1-2-4-12(11)16/h5-7,11-12,15-16H,1-4H2,(H,17,18). The molecule has 0 aromatic heterocycles. The quantitative estimate of drug-likeness (QED) is 0.636. The van der Waals surface area contributed by atoms with Crippen LogP contribution < -0.4 is 4.72 Å². The average Bonchev–Trinajstić information content (AvgIpc) is 2.41. The number of nitrogens with one attached hydrogen (secondary N) is 1. The van der Waals surface area contributed by atoms with E-state index in [-0.39, 0.29) is 10.5 Å². The van der Waals surface area contributed by atoms with E-state index in [1.807, 2.05) is 22.6 Å². The second-order valence-electron chi connectivity index (χ2n) is 5.03. The normalized spacial score (nSPS) is 23.0. The third kappa shape index (κ3) is 3.93. The van der Waals surface area contributed by atoms with Crippen molar-refractivity contribution >= 4 is 38.6 Å². The summed E-state index contributed by atoms with van der Waals surface area (Å²) in [7, 11) is -3.84. The van der Waals surface area contributed by atoms with E-state index in [4.69, 9.17) is 5.11 Å². The number of aromatic carboxylic acids is 1. The highest BCUT2D eigenvalue weighted by Crippen LogP contribution is 2.22. The van der Waals surface area contributed by atoms with Gasteiger partial charge >= 0.3 is 5.97 Å². The van der Waals surface area contributed by atoms with Crippen molar-refractivity contribution in [3.63, 3.8) is 0 Å². The Hall–Kier alpha value is -0.710. The second-order valence-corrected chi connectivity index (χ2v) is 7.90. The second kappa shape index (κ2) is 6.59. The smallest absolute Gasteiger partial charge is 0.336 e. The van der Waals surface area contributed by atoms with Gasteiger partial charge in [-0.2, -0.15) is 0 Å². The molecule has 0 saturated heterocycles. The topological polar surface area (TPSA) is 104 Å². The summed E-state index contributed by atoms with van der Waals surface area (Å²) in [5.74, 6) is -1.17. The fraction of sp³-hybridized carbons (Fsp3) is 0.462. The first-order valence-corrected chi connectivity index (χ1v) is 9.10. The molecule has 0 heterocycles. The molecule has 1 aromatic rings. The van der Waals surface area contributed by atoms with Gasteiger partial charge in [0.25, 0.3) is 0 Å². The molecule has 2 rings (SSSR count). The van der Waals surface area contributed by atoms with E-state index in [1.54, 1.807) is 0 Å². The Kier molecular flexibility index (Phi) is 5.23. The van der Waals surface area contributed by atoms with E-state index in [0.717, 1.165) is 18.9 Å². The van der Waals surface area contributed by atoms with E-state index >= 15 is 0 Å². The zero-order chi connectivity index (χ0) is 15.6. The van der Waals surface area contributed by atoms with Crippen molar-refractivity contribution in [3.05, 3.63) is 27.3 Å². The summed E-state index contributed by atoms with van der Waals surface area (Å²) in [5.41, 5.74) is -0.0531. The molecule has 3 N–H and O–H groups in total. The highest BCUT2D eigenvalue weighted by molar-refractivity contribution is 14.1. The fourth-order valence-corrected chi connectivity index (χ4v) is 4.25. The van der Waals surface area contributed by atoms with Gasteiger partial charge in [0, 0.05) is 9.61 Å². The average molecular weight is 425 g/mol. The molecule has 1 aliphatic rings. The number of halogens is 1. The first-order chi connectivity index (χ1) is 9.81. The minimum atomic E-state index is -3.84. The van der Waals surface area contributed by atoms with Crippen molar-refractivity contribution in [2.75, 3.05) is 0 Å². The molecular weight excluding hydrogens is 409 g/mol. The molecule has 21 heavy (non-hydrogen) atoms. The molecule has 2 atom stereocenters. The molecule has 8 heteroatoms. The molecule has 116 valence electrons. The third-order valence-corrected chi connectivity index (χ3v) is 5.94. The number of hydrogen-bond acceptors (Lipinski definition) is 4. The maximum absolute atomic E-state index is 12.3. The van der Waals surface area contributed by atoms with Gasteiger partial charge in [0.05, 0.1) is 16.6 Å². The summed E-state index contributed by atoms with van der Waals surface area (Å²) in [4.78, 5) is 11.0. The first kappa shape index (κ1) is 16.7. The lowest BCUT2D eigenvalue weighted by Gasteiger charge is -2.28. The number of carbonyl (C=O) groups is 1. The van der Waals surface area contributed by atoms with Crippen LogP contribution in [0.2, 0.25) is 0 Å². The summed E-state index contributed by atoms with van der Waals surface area (Å²) in [6.45, 7) is 0. The molecule has 0 spiro atoms. The lowest BCUT2D eigenvalue weighted by atomic mass is 9.93. The maximum atomic E-state index is 12.3. The Morgan fingerprint density at radius 3 is 2.57 bits per heavy atom. The van der Waals surface area contributed by atoms with Crippen LogP contribution in [0.15, 0.2) is 23.1 Å². The molecule has 0 amide bonds. The van der Waals surface area contributed by atoms with Crippen LogP contribution in [-0.4, -0.2) is 36.7 Å². The van der Waals surface area contributed by atoms with Crippen LogP contribution in [-0.2, 0) is 10.0 Å². The van der Waals surface area contributed by atoms with E-state index in [0.29, 0.717) is 16.4 Å². The van der Waals surface area contributed by atoms with Crippen molar-refractivity contribution in [1.29, 1.82) is 0 Å². The number of aliphatic hydroxyl groups is 1. The zero-order valence-corrected chi connectivity index (χ0v) is 14.1. The molecular formula is C13H16INO5S. The number of carboxylic acids is 1. The van der Waals surface area contributed by atoms with Crippen LogP contribution in [0.5, 0.6) is 0 Å². The van der Waals surface area contributed by atoms with Gasteiger partial charge in [-0.1, -0.05) is 12.8 Å². The Bertz CT molecular complexity index is 646. The van der Waals surface area contributed by atoms with E-state index in [2.05, 4.69) is 4.72 Å². The molecule has 2 unspecified atom stereocenters. The van der Waals surface area contributed by atoms with Crippen molar-refractivity contribution in [3.8, 4) is 0 Å². The highest BCUT2D eigenvalue weighted by atomic mass is 127. The monoisotopic (exact) mass is 425 g/mol. The molecule has 6 nitrogen and oxygen atoms in total. The summed E-state index contributed by atoms with van der Waals surface area (Å²) in [5, 5.41) is 18.9. The maximum Gasteiger partial charge on any atom is 0.336 e. The van der Waals surface area contributed by atoms with Crippen LogP contribution in [0.1, 0.15) is 36.0 Å². The van der Waals surface area contributed by atoms with Crippen molar-refractivity contribution in [2.45, 2.75) is 42.7 Å². The minimum Gasteiger partial charge on any atom is -0.478 e. The highest BCUT2D eigenvalue weighted by Gasteiger charge is 2.28. The number of rotatable bonds is 4. The third-order valence-electron chi connectivity index (χ3n) is 3.51. The first-order valence-electron chi connectivity index (χ1n) is 6.54. The Morgan fingerprint density at radius 1 is 1.29 bits per heavy atom. The molecule has 0 aliphatic heterocycles. The summed E-state index contributed by atoms with van der Waals surface area (Å²) in [6.07, 6.45) is 2.19. The minimum absolute atomic E-state index is 0.0531. The van der Waals surface area contributed by atoms with Gasteiger partial charge in [-0.25, -0.2) is 17.9 Å². The van der Waals surface area contributed by atoms with Gasteiger partial charge in [-0.15, -0.1) is 0 Å². The van der Waals surface area contributed by atoms with Gasteiger partial charge < -0.3 is 10.2 Å². The number of carboxylic acid groups (broad SMARTS) is 1. The van der Waals surface area contributed by atoms with E-state index in [9.17, 15) is 18.3 Å². The zero-order valence-electron chi connectivity index (χ0n) is 11.1. The van der Waals surface area contributed by atoms with Gasteiger partial charge in [0.15, 0.2) is 0 Å². The van der Waals surface area contributed by atoms with E-state index < -0.39 is 28.1 Å². The Balaban J connectivity index is 2.27. The number of sulfonamides is 1. The number of hydrogen-bond donors (Lipinski definition) is 3. The summed E-state index contributed by atoms with van der Waals surface area (Å²) >= 11 is 1.84. The SMILES string of the molecule is O=C(O)c1cc(S(=O)(=O)NC2CCCCC2O)ccc1I. The van der Waals surface area contributed by atoms with Crippen LogP contribution >= 0.6 is 22.6 Å². The molecule has 0 radical (unpaired) electrons. The Labute approximate surface area is 136 Å². The number of aliphatic hydroxyl groups excluding tert-OH is 1. The van der Waals surface area contributed by atoms with Crippen LogP contribution in [0.25, 0.3) is 0 Å². The fourth-order valence-electron chi connectivity index (χ4n) is 2.35. The lowest BCUT2D eigenvalue weighted by molar-refractivity contribution is 0.0695. The largest absolute Gasteiger partial charge is 0.478 e. The van der Waals surface area contributed by atoms with Gasteiger partial charge in [-0.3, -0.25) is 0 Å². The molecule has 1 aromatic carbocycles.